The van der Waals surface area contributed by atoms with Crippen LogP contribution in [-0.2, 0) is 0 Å². The maximum absolute atomic E-state index is 6.77. The van der Waals surface area contributed by atoms with Crippen molar-refractivity contribution in [3.05, 3.63) is 0 Å². The summed E-state index contributed by atoms with van der Waals surface area (Å²) in [4.78, 5) is 0. The minimum Gasteiger partial charge on any atom is -0.311 e. The predicted molar refractivity (Wildman–Crippen MR) is 181 cm³/mol. The molecular formula is C37H77ClN+. The van der Waals surface area contributed by atoms with Crippen LogP contribution >= 0.6 is 11.6 Å². The molecule has 39 heavy (non-hydrogen) atoms. The normalized spacial score (nSPS) is 12.0. The second-order valence-electron chi connectivity index (χ2n) is 13.2. The zero-order chi connectivity index (χ0) is 28.5. The van der Waals surface area contributed by atoms with Gasteiger partial charge >= 0.3 is 0 Å². The van der Waals surface area contributed by atoms with E-state index in [4.69, 9.17) is 11.6 Å². The molecule has 0 amide bonds. The van der Waals surface area contributed by atoms with Crippen LogP contribution in [-0.4, -0.2) is 30.1 Å². The standard InChI is InChI=1S/C37H77ClN/c1-4-7-10-13-16-19-22-25-28-31-34-39(37-38,35-32-29-26-23-20-17-14-11-8-5-2)36-33-30-27-24-21-18-15-12-9-6-3/h4-37H2,1-3H3/q+1. The number of nitrogens with zero attached hydrogens (tertiary/aromatic N) is 1. The number of rotatable bonds is 34. The van der Waals surface area contributed by atoms with Gasteiger partial charge in [-0.2, -0.15) is 0 Å². The van der Waals surface area contributed by atoms with Crippen LogP contribution in [0, 0.1) is 0 Å². The third-order valence-corrected chi connectivity index (χ3v) is 9.72. The van der Waals surface area contributed by atoms with Crippen molar-refractivity contribution >= 4 is 11.6 Å². The third-order valence-electron chi connectivity index (χ3n) is 9.21. The summed E-state index contributed by atoms with van der Waals surface area (Å²) in [7, 11) is 0. The average Bonchev–Trinajstić information content (AvgIpc) is 2.95. The van der Waals surface area contributed by atoms with E-state index in [0.29, 0.717) is 0 Å². The number of hydrogen-bond donors (Lipinski definition) is 0. The number of unbranched alkanes of at least 4 members (excludes halogenated alkanes) is 27. The SMILES string of the molecule is CCCCCCCCCCCC[N+](CCl)(CCCCCCCCCCCC)CCCCCCCCCCCC. The van der Waals surface area contributed by atoms with Gasteiger partial charge in [-0.25, -0.2) is 0 Å². The highest BCUT2D eigenvalue weighted by molar-refractivity contribution is 6.16. The van der Waals surface area contributed by atoms with Gasteiger partial charge in [-0.15, -0.1) is 0 Å². The van der Waals surface area contributed by atoms with Gasteiger partial charge in [-0.3, -0.25) is 0 Å². The monoisotopic (exact) mass is 571 g/mol. The van der Waals surface area contributed by atoms with Gasteiger partial charge in [0.2, 0.25) is 0 Å². The van der Waals surface area contributed by atoms with Crippen LogP contribution in [0.4, 0.5) is 0 Å². The Morgan fingerprint density at radius 2 is 0.462 bits per heavy atom. The van der Waals surface area contributed by atoms with Gasteiger partial charge in [0.05, 0.1) is 19.6 Å². The lowest BCUT2D eigenvalue weighted by atomic mass is 10.0. The molecule has 0 heterocycles. The predicted octanol–water partition coefficient (Wildman–Crippen LogP) is 13.8. The smallest absolute Gasteiger partial charge is 0.154 e. The van der Waals surface area contributed by atoms with Crippen molar-refractivity contribution in [3.63, 3.8) is 0 Å². The van der Waals surface area contributed by atoms with E-state index < -0.39 is 0 Å². The number of quaternary nitrogens is 1. The molecule has 0 aliphatic rings. The molecule has 0 N–H and O–H groups in total. The van der Waals surface area contributed by atoms with E-state index in [1.807, 2.05) is 0 Å². The first kappa shape index (κ1) is 39.2. The molecule has 0 fully saturated rings. The lowest BCUT2D eigenvalue weighted by molar-refractivity contribution is -0.918. The molecule has 0 unspecified atom stereocenters. The Morgan fingerprint density at radius 3 is 0.641 bits per heavy atom. The number of alkyl halides is 1. The summed E-state index contributed by atoms with van der Waals surface area (Å²) in [6, 6.07) is 0.840. The molecule has 0 saturated heterocycles. The largest absolute Gasteiger partial charge is 0.311 e. The zero-order valence-electron chi connectivity index (χ0n) is 27.9. The van der Waals surface area contributed by atoms with Crippen LogP contribution in [0.3, 0.4) is 0 Å². The van der Waals surface area contributed by atoms with Gasteiger partial charge < -0.3 is 4.48 Å². The number of hydrogen-bond acceptors (Lipinski definition) is 0. The molecule has 0 atom stereocenters. The average molecular weight is 571 g/mol. The fourth-order valence-corrected chi connectivity index (χ4v) is 6.68. The van der Waals surface area contributed by atoms with Crippen LogP contribution in [0.1, 0.15) is 213 Å². The van der Waals surface area contributed by atoms with E-state index in [1.165, 1.54) is 217 Å². The van der Waals surface area contributed by atoms with Crippen molar-refractivity contribution < 1.29 is 4.48 Å². The second-order valence-corrected chi connectivity index (χ2v) is 13.4. The summed E-state index contributed by atoms with van der Waals surface area (Å²) in [6.45, 7) is 10.9. The molecule has 0 bridgehead atoms. The van der Waals surface area contributed by atoms with Crippen molar-refractivity contribution in [3.8, 4) is 0 Å². The highest BCUT2D eigenvalue weighted by atomic mass is 35.5. The Balaban J connectivity index is 4.22. The lowest BCUT2D eigenvalue weighted by Gasteiger charge is -2.37. The van der Waals surface area contributed by atoms with Crippen molar-refractivity contribution in [2.24, 2.45) is 0 Å². The molecule has 0 aromatic rings. The third kappa shape index (κ3) is 28.2. The van der Waals surface area contributed by atoms with Crippen LogP contribution < -0.4 is 0 Å². The van der Waals surface area contributed by atoms with E-state index in [0.717, 1.165) is 6.00 Å². The first-order valence-electron chi connectivity index (χ1n) is 18.7. The van der Waals surface area contributed by atoms with Gasteiger partial charge in [0, 0.05) is 0 Å². The van der Waals surface area contributed by atoms with Crippen LogP contribution in [0.2, 0.25) is 0 Å². The molecule has 0 aromatic heterocycles. The Kier molecular flexibility index (Phi) is 33.0. The molecule has 0 aliphatic heterocycles. The Bertz CT molecular complexity index is 377. The van der Waals surface area contributed by atoms with E-state index in [2.05, 4.69) is 20.8 Å². The summed E-state index contributed by atoms with van der Waals surface area (Å²) in [6.07, 6.45) is 42.9. The highest BCUT2D eigenvalue weighted by Crippen LogP contribution is 2.20. The Morgan fingerprint density at radius 1 is 0.282 bits per heavy atom. The van der Waals surface area contributed by atoms with Gasteiger partial charge in [0.25, 0.3) is 0 Å². The van der Waals surface area contributed by atoms with Gasteiger partial charge in [0.15, 0.2) is 6.00 Å². The molecular weight excluding hydrogens is 494 g/mol. The summed E-state index contributed by atoms with van der Waals surface area (Å²) < 4.78 is 1.20. The topological polar surface area (TPSA) is 0 Å². The molecule has 236 valence electrons. The molecule has 0 radical (unpaired) electrons. The van der Waals surface area contributed by atoms with E-state index in [9.17, 15) is 0 Å². The van der Waals surface area contributed by atoms with Crippen molar-refractivity contribution in [2.75, 3.05) is 25.6 Å². The fraction of sp³-hybridized carbons (Fsp3) is 1.00. The summed E-state index contributed by atoms with van der Waals surface area (Å²) in [5.74, 6) is 0. The van der Waals surface area contributed by atoms with Crippen LogP contribution in [0.15, 0.2) is 0 Å². The molecule has 0 rings (SSSR count). The Labute approximate surface area is 254 Å². The van der Waals surface area contributed by atoms with Gasteiger partial charge in [-0.1, -0.05) is 186 Å². The zero-order valence-corrected chi connectivity index (χ0v) is 28.6. The minimum atomic E-state index is 0.840. The highest BCUT2D eigenvalue weighted by Gasteiger charge is 2.25. The first-order chi connectivity index (χ1) is 19.2. The lowest BCUT2D eigenvalue weighted by Crippen LogP contribution is -2.49. The molecule has 0 aromatic carbocycles. The summed E-state index contributed by atoms with van der Waals surface area (Å²) >= 11 is 6.77. The van der Waals surface area contributed by atoms with Crippen molar-refractivity contribution in [2.45, 2.75) is 213 Å². The van der Waals surface area contributed by atoms with Crippen molar-refractivity contribution in [1.29, 1.82) is 0 Å². The maximum Gasteiger partial charge on any atom is 0.154 e. The molecule has 0 aliphatic carbocycles. The quantitative estimate of drug-likeness (QED) is 0.0312. The van der Waals surface area contributed by atoms with E-state index in [-0.39, 0.29) is 0 Å². The Hall–Kier alpha value is 0.250. The molecule has 2 heteroatoms. The second kappa shape index (κ2) is 32.8. The van der Waals surface area contributed by atoms with Gasteiger partial charge in [0.1, 0.15) is 0 Å². The number of halogens is 1. The van der Waals surface area contributed by atoms with Crippen LogP contribution in [0.25, 0.3) is 0 Å². The van der Waals surface area contributed by atoms with Crippen LogP contribution in [0.5, 0.6) is 0 Å². The first-order valence-corrected chi connectivity index (χ1v) is 19.2. The molecule has 0 spiro atoms. The maximum atomic E-state index is 6.77. The minimum absolute atomic E-state index is 0.840. The van der Waals surface area contributed by atoms with Gasteiger partial charge in [-0.05, 0) is 38.5 Å². The van der Waals surface area contributed by atoms with Crippen molar-refractivity contribution in [1.82, 2.24) is 0 Å². The van der Waals surface area contributed by atoms with E-state index in [1.54, 1.807) is 0 Å². The van der Waals surface area contributed by atoms with E-state index >= 15 is 0 Å². The fourth-order valence-electron chi connectivity index (χ4n) is 6.32. The molecule has 0 saturated carbocycles. The summed E-state index contributed by atoms with van der Waals surface area (Å²) in [5.41, 5.74) is 0. The summed E-state index contributed by atoms with van der Waals surface area (Å²) in [5, 5.41) is 0. The molecule has 1 nitrogen and oxygen atoms in total.